The van der Waals surface area contributed by atoms with Crippen LogP contribution in [0.5, 0.6) is 0 Å². The number of nitrogens with zero attached hydrogens (tertiary/aromatic N) is 1. The molecule has 1 aliphatic rings. The van der Waals surface area contributed by atoms with Gasteiger partial charge in [-0.1, -0.05) is 43.3 Å². The molecule has 22 heavy (non-hydrogen) atoms. The molecule has 1 amide bonds. The van der Waals surface area contributed by atoms with Gasteiger partial charge in [-0.15, -0.1) is 0 Å². The van der Waals surface area contributed by atoms with Gasteiger partial charge in [0, 0.05) is 25.6 Å². The molecule has 1 fully saturated rings. The fraction of sp³-hybridized carbons (Fsp3) is 0.421. The summed E-state index contributed by atoms with van der Waals surface area (Å²) in [6.45, 7) is 6.76. The smallest absolute Gasteiger partial charge is 0.222 e. The summed E-state index contributed by atoms with van der Waals surface area (Å²) < 4.78 is 0. The maximum atomic E-state index is 12.4. The lowest BCUT2D eigenvalue weighted by Gasteiger charge is -2.29. The third kappa shape index (κ3) is 2.86. The molecule has 1 atom stereocenters. The second-order valence-corrected chi connectivity index (χ2v) is 6.09. The van der Waals surface area contributed by atoms with E-state index in [1.54, 1.807) is 0 Å². The molecule has 1 aliphatic heterocycles. The largest absolute Gasteiger partial charge is 0.334 e. The van der Waals surface area contributed by atoms with E-state index < -0.39 is 0 Å². The Hall–Kier alpha value is -1.87. The van der Waals surface area contributed by atoms with Gasteiger partial charge in [-0.05, 0) is 41.8 Å². The fourth-order valence-corrected chi connectivity index (χ4v) is 3.36. The Balaban J connectivity index is 1.92. The van der Waals surface area contributed by atoms with Crippen LogP contribution in [0.25, 0.3) is 10.8 Å². The molecule has 0 saturated carbocycles. The van der Waals surface area contributed by atoms with E-state index in [1.165, 1.54) is 21.9 Å². The third-order valence-electron chi connectivity index (χ3n) is 4.75. The lowest BCUT2D eigenvalue weighted by molar-refractivity contribution is -0.133. The molecule has 1 N–H and O–H groups in total. The van der Waals surface area contributed by atoms with Crippen LogP contribution in [0.4, 0.5) is 0 Å². The van der Waals surface area contributed by atoms with Crippen LogP contribution in [-0.2, 0) is 11.3 Å². The van der Waals surface area contributed by atoms with E-state index in [-0.39, 0.29) is 5.91 Å². The summed E-state index contributed by atoms with van der Waals surface area (Å²) in [5.41, 5.74) is 2.55. The average molecular weight is 296 g/mol. The van der Waals surface area contributed by atoms with Crippen molar-refractivity contribution in [2.24, 2.45) is 0 Å². The minimum Gasteiger partial charge on any atom is -0.334 e. The normalized spacial score (nSPS) is 17.8. The SMILES string of the molecule is CCC(=O)N(Cc1ccc2ccccc2c1C)[C@H]1CCNC1. The summed E-state index contributed by atoms with van der Waals surface area (Å²) in [4.78, 5) is 14.4. The first kappa shape index (κ1) is 15.0. The molecular formula is C19H24N2O. The van der Waals surface area contributed by atoms with Gasteiger partial charge in [-0.25, -0.2) is 0 Å². The van der Waals surface area contributed by atoms with Gasteiger partial charge in [0.25, 0.3) is 0 Å². The highest BCUT2D eigenvalue weighted by atomic mass is 16.2. The van der Waals surface area contributed by atoms with Crippen LogP contribution >= 0.6 is 0 Å². The number of aryl methyl sites for hydroxylation is 1. The Bertz CT molecular complexity index is 674. The summed E-state index contributed by atoms with van der Waals surface area (Å²) in [7, 11) is 0. The van der Waals surface area contributed by atoms with E-state index >= 15 is 0 Å². The molecule has 0 unspecified atom stereocenters. The summed E-state index contributed by atoms with van der Waals surface area (Å²) >= 11 is 0. The van der Waals surface area contributed by atoms with E-state index in [4.69, 9.17) is 0 Å². The molecule has 0 aromatic heterocycles. The van der Waals surface area contributed by atoms with Gasteiger partial charge < -0.3 is 10.2 Å². The molecule has 0 aliphatic carbocycles. The van der Waals surface area contributed by atoms with Crippen LogP contribution in [0.15, 0.2) is 36.4 Å². The van der Waals surface area contributed by atoms with Crippen molar-refractivity contribution >= 4 is 16.7 Å². The van der Waals surface area contributed by atoms with Gasteiger partial charge in [0.2, 0.25) is 5.91 Å². The van der Waals surface area contributed by atoms with Gasteiger partial charge in [0.05, 0.1) is 0 Å². The molecular weight excluding hydrogens is 272 g/mol. The molecule has 0 radical (unpaired) electrons. The number of amides is 1. The van der Waals surface area contributed by atoms with Crippen molar-refractivity contribution in [3.63, 3.8) is 0 Å². The standard InChI is InChI=1S/C19H24N2O/c1-3-19(22)21(17-10-11-20-12-17)13-16-9-8-15-6-4-5-7-18(15)14(16)2/h4-9,17,20H,3,10-13H2,1-2H3/t17-/m0/s1. The van der Waals surface area contributed by atoms with Crippen LogP contribution in [-0.4, -0.2) is 29.9 Å². The van der Waals surface area contributed by atoms with Crippen molar-refractivity contribution in [1.29, 1.82) is 0 Å². The quantitative estimate of drug-likeness (QED) is 0.939. The third-order valence-corrected chi connectivity index (χ3v) is 4.75. The molecule has 1 heterocycles. The minimum absolute atomic E-state index is 0.251. The Labute approximate surface area is 132 Å². The number of hydrogen-bond acceptors (Lipinski definition) is 2. The number of carbonyl (C=O) groups excluding carboxylic acids is 1. The molecule has 3 nitrogen and oxygen atoms in total. The number of hydrogen-bond donors (Lipinski definition) is 1. The van der Waals surface area contributed by atoms with Gasteiger partial charge >= 0.3 is 0 Å². The first-order valence-electron chi connectivity index (χ1n) is 8.18. The van der Waals surface area contributed by atoms with Crippen molar-refractivity contribution in [2.75, 3.05) is 13.1 Å². The lowest BCUT2D eigenvalue weighted by atomic mass is 9.99. The minimum atomic E-state index is 0.251. The second-order valence-electron chi connectivity index (χ2n) is 6.09. The average Bonchev–Trinajstić information content (AvgIpc) is 3.08. The molecule has 3 heteroatoms. The molecule has 0 bridgehead atoms. The van der Waals surface area contributed by atoms with Crippen molar-refractivity contribution in [1.82, 2.24) is 10.2 Å². The number of rotatable bonds is 4. The highest BCUT2D eigenvalue weighted by molar-refractivity contribution is 5.86. The highest BCUT2D eigenvalue weighted by Crippen LogP contribution is 2.24. The van der Waals surface area contributed by atoms with Crippen LogP contribution in [0.3, 0.4) is 0 Å². The molecule has 3 rings (SSSR count). The number of carbonyl (C=O) groups is 1. The zero-order valence-electron chi connectivity index (χ0n) is 13.4. The molecule has 2 aromatic carbocycles. The topological polar surface area (TPSA) is 32.3 Å². The predicted octanol–water partition coefficient (Wildman–Crippen LogP) is 3.25. The van der Waals surface area contributed by atoms with E-state index in [9.17, 15) is 4.79 Å². The van der Waals surface area contributed by atoms with Crippen molar-refractivity contribution in [2.45, 2.75) is 39.3 Å². The summed E-state index contributed by atoms with van der Waals surface area (Å²) in [5, 5.41) is 5.92. The predicted molar refractivity (Wildman–Crippen MR) is 90.8 cm³/mol. The first-order chi connectivity index (χ1) is 10.7. The first-order valence-corrected chi connectivity index (χ1v) is 8.18. The Morgan fingerprint density at radius 1 is 1.27 bits per heavy atom. The Morgan fingerprint density at radius 2 is 2.09 bits per heavy atom. The fourth-order valence-electron chi connectivity index (χ4n) is 3.36. The van der Waals surface area contributed by atoms with Gasteiger partial charge in [0.1, 0.15) is 0 Å². The van der Waals surface area contributed by atoms with Gasteiger partial charge in [-0.3, -0.25) is 4.79 Å². The Morgan fingerprint density at radius 3 is 2.82 bits per heavy atom. The van der Waals surface area contributed by atoms with Crippen molar-refractivity contribution < 1.29 is 4.79 Å². The van der Waals surface area contributed by atoms with E-state index in [0.717, 1.165) is 26.1 Å². The van der Waals surface area contributed by atoms with E-state index in [0.29, 0.717) is 12.5 Å². The second kappa shape index (κ2) is 6.49. The molecule has 116 valence electrons. The van der Waals surface area contributed by atoms with Gasteiger partial charge in [-0.2, -0.15) is 0 Å². The molecule has 2 aromatic rings. The zero-order valence-corrected chi connectivity index (χ0v) is 13.4. The number of benzene rings is 2. The number of fused-ring (bicyclic) bond motifs is 1. The monoisotopic (exact) mass is 296 g/mol. The van der Waals surface area contributed by atoms with Crippen molar-refractivity contribution in [3.8, 4) is 0 Å². The van der Waals surface area contributed by atoms with Crippen LogP contribution in [0.2, 0.25) is 0 Å². The summed E-state index contributed by atoms with van der Waals surface area (Å²) in [6.07, 6.45) is 1.63. The maximum absolute atomic E-state index is 12.4. The molecule has 1 saturated heterocycles. The lowest BCUT2D eigenvalue weighted by Crippen LogP contribution is -2.40. The van der Waals surface area contributed by atoms with Crippen LogP contribution < -0.4 is 5.32 Å². The van der Waals surface area contributed by atoms with Crippen LogP contribution in [0.1, 0.15) is 30.9 Å². The van der Waals surface area contributed by atoms with Crippen LogP contribution in [0, 0.1) is 6.92 Å². The zero-order chi connectivity index (χ0) is 15.5. The van der Waals surface area contributed by atoms with Gasteiger partial charge in [0.15, 0.2) is 0 Å². The van der Waals surface area contributed by atoms with Crippen molar-refractivity contribution in [3.05, 3.63) is 47.5 Å². The Kier molecular flexibility index (Phi) is 4.44. The summed E-state index contributed by atoms with van der Waals surface area (Å²) in [5.74, 6) is 0.251. The van der Waals surface area contributed by atoms with E-state index in [2.05, 4.69) is 53.5 Å². The summed E-state index contributed by atoms with van der Waals surface area (Å²) in [6, 6.07) is 13.1. The van der Waals surface area contributed by atoms with E-state index in [1.807, 2.05) is 6.92 Å². The maximum Gasteiger partial charge on any atom is 0.222 e. The highest BCUT2D eigenvalue weighted by Gasteiger charge is 2.26. The number of nitrogens with one attached hydrogen (secondary N) is 1. The molecule has 0 spiro atoms.